The summed E-state index contributed by atoms with van der Waals surface area (Å²) < 4.78 is 26.9. The van der Waals surface area contributed by atoms with Gasteiger partial charge >= 0.3 is 0 Å². The van der Waals surface area contributed by atoms with Gasteiger partial charge in [-0.15, -0.1) is 0 Å². The Bertz CT molecular complexity index is 1280. The molecule has 2 N–H and O–H groups in total. The van der Waals surface area contributed by atoms with E-state index in [9.17, 15) is 23.2 Å². The van der Waals surface area contributed by atoms with Gasteiger partial charge in [-0.25, -0.2) is 8.78 Å². The van der Waals surface area contributed by atoms with Crippen LogP contribution in [0.15, 0.2) is 72.8 Å². The second kappa shape index (κ2) is 11.3. The quantitative estimate of drug-likeness (QED) is 0.512. The van der Waals surface area contributed by atoms with E-state index in [1.54, 1.807) is 4.90 Å². The molecule has 0 fully saturated rings. The Kier molecular flexibility index (Phi) is 7.96. The molecule has 6 nitrogen and oxygen atoms in total. The monoisotopic (exact) mass is 505 g/mol. The van der Waals surface area contributed by atoms with Crippen LogP contribution in [0.1, 0.15) is 48.1 Å². The fourth-order valence-corrected chi connectivity index (χ4v) is 4.73. The van der Waals surface area contributed by atoms with Gasteiger partial charge in [-0.3, -0.25) is 14.4 Å². The van der Waals surface area contributed by atoms with Crippen LogP contribution in [0.25, 0.3) is 0 Å². The predicted octanol–water partition coefficient (Wildman–Crippen LogP) is 3.86. The number of carbonyl (C=O) groups is 3. The molecule has 3 aromatic carbocycles. The van der Waals surface area contributed by atoms with Crippen LogP contribution in [-0.4, -0.2) is 41.8 Å². The van der Waals surface area contributed by atoms with Gasteiger partial charge in [0.2, 0.25) is 17.7 Å². The molecule has 4 rings (SSSR count). The van der Waals surface area contributed by atoms with E-state index in [0.29, 0.717) is 18.7 Å². The van der Waals surface area contributed by atoms with Crippen molar-refractivity contribution in [1.29, 1.82) is 0 Å². The van der Waals surface area contributed by atoms with Gasteiger partial charge in [-0.1, -0.05) is 54.6 Å². The number of nitrogens with zero attached hydrogens (tertiary/aromatic N) is 1. The van der Waals surface area contributed by atoms with Gasteiger partial charge < -0.3 is 15.5 Å². The molecule has 0 spiro atoms. The number of nitrogens with one attached hydrogen (secondary N) is 2. The number of rotatable bonds is 7. The van der Waals surface area contributed by atoms with Gasteiger partial charge in [0.05, 0.1) is 6.42 Å². The maximum absolute atomic E-state index is 13.6. The van der Waals surface area contributed by atoms with E-state index in [1.165, 1.54) is 6.92 Å². The highest BCUT2D eigenvalue weighted by molar-refractivity contribution is 5.93. The first-order chi connectivity index (χ1) is 17.8. The highest BCUT2D eigenvalue weighted by Gasteiger charge is 2.36. The van der Waals surface area contributed by atoms with Crippen molar-refractivity contribution >= 4 is 17.7 Å². The molecule has 192 valence electrons. The lowest BCUT2D eigenvalue weighted by atomic mass is 9.87. The highest BCUT2D eigenvalue weighted by atomic mass is 19.1. The Morgan fingerprint density at radius 3 is 2.24 bits per heavy atom. The Morgan fingerprint density at radius 2 is 1.59 bits per heavy atom. The van der Waals surface area contributed by atoms with Crippen LogP contribution in [0.3, 0.4) is 0 Å². The molecule has 0 bridgehead atoms. The average molecular weight is 506 g/mol. The van der Waals surface area contributed by atoms with Crippen molar-refractivity contribution in [2.75, 3.05) is 13.1 Å². The standard InChI is InChI=1S/C29H29F2N3O3/c1-3-34-17-25(20-9-5-4-6-10-20)23-11-7-8-12-24(23)27(29(34)37)33-28(36)18(2)32-26(35)15-19-13-21(30)16-22(31)14-19/h4-14,16,18,25,27H,3,15,17H2,1-2H3,(H,32,35)(H,33,36). The van der Waals surface area contributed by atoms with Crippen LogP contribution >= 0.6 is 0 Å². The van der Waals surface area contributed by atoms with Gasteiger partial charge in [0, 0.05) is 25.1 Å². The van der Waals surface area contributed by atoms with Crippen molar-refractivity contribution in [3.05, 3.63) is 107 Å². The van der Waals surface area contributed by atoms with Gasteiger partial charge in [-0.05, 0) is 48.2 Å². The summed E-state index contributed by atoms with van der Waals surface area (Å²) in [6.45, 7) is 4.34. The summed E-state index contributed by atoms with van der Waals surface area (Å²) >= 11 is 0. The minimum atomic E-state index is -0.978. The van der Waals surface area contributed by atoms with Crippen molar-refractivity contribution in [3.63, 3.8) is 0 Å². The predicted molar refractivity (Wildman–Crippen MR) is 136 cm³/mol. The number of amides is 3. The molecule has 1 aliphatic heterocycles. The van der Waals surface area contributed by atoms with Gasteiger partial charge in [0.15, 0.2) is 0 Å². The zero-order valence-electron chi connectivity index (χ0n) is 20.7. The summed E-state index contributed by atoms with van der Waals surface area (Å²) in [5.74, 6) is -2.97. The van der Waals surface area contributed by atoms with E-state index in [0.717, 1.165) is 29.3 Å². The normalized spacial score (nSPS) is 17.9. The Hall–Kier alpha value is -4.07. The summed E-state index contributed by atoms with van der Waals surface area (Å²) in [5.41, 5.74) is 2.89. The minimum Gasteiger partial charge on any atom is -0.344 e. The lowest BCUT2D eigenvalue weighted by Gasteiger charge is -2.26. The number of hydrogen-bond donors (Lipinski definition) is 2. The molecule has 0 aliphatic carbocycles. The third kappa shape index (κ3) is 6.02. The Morgan fingerprint density at radius 1 is 0.973 bits per heavy atom. The fraction of sp³-hybridized carbons (Fsp3) is 0.276. The molecule has 0 aromatic heterocycles. The van der Waals surface area contributed by atoms with Crippen molar-refractivity contribution in [3.8, 4) is 0 Å². The first-order valence-corrected chi connectivity index (χ1v) is 12.2. The average Bonchev–Trinajstić information content (AvgIpc) is 2.98. The zero-order chi connectivity index (χ0) is 26.5. The number of hydrogen-bond acceptors (Lipinski definition) is 3. The van der Waals surface area contributed by atoms with Crippen molar-refractivity contribution < 1.29 is 23.2 Å². The van der Waals surface area contributed by atoms with Crippen LogP contribution in [0.2, 0.25) is 0 Å². The molecule has 0 radical (unpaired) electrons. The molecule has 1 aliphatic rings. The molecule has 8 heteroatoms. The summed E-state index contributed by atoms with van der Waals surface area (Å²) in [5, 5.41) is 5.37. The van der Waals surface area contributed by atoms with E-state index in [4.69, 9.17) is 0 Å². The minimum absolute atomic E-state index is 0.0630. The van der Waals surface area contributed by atoms with E-state index < -0.39 is 35.5 Å². The van der Waals surface area contributed by atoms with Gasteiger partial charge in [-0.2, -0.15) is 0 Å². The molecule has 37 heavy (non-hydrogen) atoms. The molecular formula is C29H29F2N3O3. The van der Waals surface area contributed by atoms with Crippen LogP contribution in [0.5, 0.6) is 0 Å². The molecule has 3 unspecified atom stereocenters. The molecular weight excluding hydrogens is 476 g/mol. The van der Waals surface area contributed by atoms with E-state index in [-0.39, 0.29) is 23.8 Å². The molecule has 0 saturated carbocycles. The number of likely N-dealkylation sites (N-methyl/N-ethyl adjacent to an activating group) is 1. The summed E-state index contributed by atoms with van der Waals surface area (Å²) in [6, 6.07) is 18.4. The van der Waals surface area contributed by atoms with Gasteiger partial charge in [0.25, 0.3) is 0 Å². The van der Waals surface area contributed by atoms with Crippen molar-refractivity contribution in [2.24, 2.45) is 0 Å². The second-order valence-electron chi connectivity index (χ2n) is 9.15. The van der Waals surface area contributed by atoms with E-state index >= 15 is 0 Å². The third-order valence-corrected chi connectivity index (χ3v) is 6.57. The summed E-state index contributed by atoms with van der Waals surface area (Å²) in [7, 11) is 0. The maximum Gasteiger partial charge on any atom is 0.249 e. The van der Waals surface area contributed by atoms with Crippen molar-refractivity contribution in [2.45, 2.75) is 38.3 Å². The van der Waals surface area contributed by atoms with Crippen molar-refractivity contribution in [1.82, 2.24) is 15.5 Å². The zero-order valence-corrected chi connectivity index (χ0v) is 20.7. The molecule has 3 atom stereocenters. The van der Waals surface area contributed by atoms with Crippen LogP contribution in [0.4, 0.5) is 8.78 Å². The second-order valence-corrected chi connectivity index (χ2v) is 9.15. The first-order valence-electron chi connectivity index (χ1n) is 12.2. The molecule has 1 heterocycles. The Labute approximate surface area is 214 Å². The number of halogens is 2. The first kappa shape index (κ1) is 26.0. The lowest BCUT2D eigenvalue weighted by molar-refractivity contribution is -0.137. The number of fused-ring (bicyclic) bond motifs is 1. The van der Waals surface area contributed by atoms with E-state index in [2.05, 4.69) is 10.6 Å². The SMILES string of the molecule is CCN1CC(c2ccccc2)c2ccccc2C(NC(=O)C(C)NC(=O)Cc2cc(F)cc(F)c2)C1=O. The molecule has 3 amide bonds. The van der Waals surface area contributed by atoms with Crippen LogP contribution in [-0.2, 0) is 20.8 Å². The van der Waals surface area contributed by atoms with E-state index in [1.807, 2.05) is 61.5 Å². The lowest BCUT2D eigenvalue weighted by Crippen LogP contribution is -2.49. The number of benzene rings is 3. The van der Waals surface area contributed by atoms with Crippen LogP contribution < -0.4 is 10.6 Å². The summed E-state index contributed by atoms with van der Waals surface area (Å²) in [4.78, 5) is 40.8. The van der Waals surface area contributed by atoms with Crippen LogP contribution in [0, 0.1) is 11.6 Å². The highest BCUT2D eigenvalue weighted by Crippen LogP contribution is 2.35. The molecule has 0 saturated heterocycles. The third-order valence-electron chi connectivity index (χ3n) is 6.57. The van der Waals surface area contributed by atoms with Gasteiger partial charge in [0.1, 0.15) is 23.7 Å². The maximum atomic E-state index is 13.6. The molecule has 3 aromatic rings. The number of carbonyl (C=O) groups excluding carboxylic acids is 3. The fourth-order valence-electron chi connectivity index (χ4n) is 4.73. The summed E-state index contributed by atoms with van der Waals surface area (Å²) in [6.07, 6.45) is -0.292. The Balaban J connectivity index is 1.54. The largest absolute Gasteiger partial charge is 0.344 e. The topological polar surface area (TPSA) is 78.5 Å². The smallest absolute Gasteiger partial charge is 0.249 e.